The number of piperidine rings is 1. The molecule has 0 saturated carbocycles. The van der Waals surface area contributed by atoms with E-state index in [1.165, 1.54) is 16.7 Å². The summed E-state index contributed by atoms with van der Waals surface area (Å²) in [5, 5.41) is 14.8. The molecule has 6 nitrogen and oxygen atoms in total. The van der Waals surface area contributed by atoms with Crippen molar-refractivity contribution in [2.24, 2.45) is 0 Å². The standard InChI is InChI=1S/C28H38N6S/c1-27(2)17-22(18-28(3,4)33-27)31-26-30-15-13-24(32-26)25-12-11-23(35-25)20-34(16-8-14-29)19-21-9-6-5-7-10-21/h5-7,9-15,22,29,33H,8,16-20H2,1-4H3,(H,30,31,32). The van der Waals surface area contributed by atoms with Crippen LogP contribution in [-0.4, -0.2) is 44.7 Å². The lowest BCUT2D eigenvalue weighted by Crippen LogP contribution is -2.60. The van der Waals surface area contributed by atoms with Crippen LogP contribution in [0.2, 0.25) is 0 Å². The summed E-state index contributed by atoms with van der Waals surface area (Å²) in [6, 6.07) is 17.2. The third-order valence-electron chi connectivity index (χ3n) is 6.31. The molecule has 0 radical (unpaired) electrons. The third kappa shape index (κ3) is 7.43. The number of nitrogens with one attached hydrogen (secondary N) is 3. The Bertz CT molecular complexity index is 1090. The summed E-state index contributed by atoms with van der Waals surface area (Å²) in [5.41, 5.74) is 2.40. The van der Waals surface area contributed by atoms with Gasteiger partial charge in [-0.2, -0.15) is 0 Å². The average molecular weight is 491 g/mol. The normalized spacial score (nSPS) is 17.4. The van der Waals surface area contributed by atoms with E-state index in [0.29, 0.717) is 12.0 Å². The molecular weight excluding hydrogens is 452 g/mol. The molecule has 0 atom stereocenters. The number of nitrogens with zero attached hydrogens (tertiary/aromatic N) is 3. The van der Waals surface area contributed by atoms with Crippen LogP contribution in [0.5, 0.6) is 0 Å². The van der Waals surface area contributed by atoms with Crippen LogP contribution in [-0.2, 0) is 13.1 Å². The predicted octanol–water partition coefficient (Wildman–Crippen LogP) is 5.97. The molecule has 0 amide bonds. The minimum Gasteiger partial charge on any atom is -0.351 e. The molecule has 3 aromatic rings. The van der Waals surface area contributed by atoms with Gasteiger partial charge in [0.1, 0.15) is 0 Å². The second-order valence-corrected chi connectivity index (χ2v) is 12.0. The van der Waals surface area contributed by atoms with Crippen LogP contribution < -0.4 is 10.6 Å². The van der Waals surface area contributed by atoms with E-state index in [0.717, 1.165) is 49.5 Å². The van der Waals surface area contributed by atoms with Crippen LogP contribution >= 0.6 is 11.3 Å². The van der Waals surface area contributed by atoms with Gasteiger partial charge in [0.25, 0.3) is 0 Å². The van der Waals surface area contributed by atoms with E-state index < -0.39 is 0 Å². The van der Waals surface area contributed by atoms with Crippen molar-refractivity contribution in [3.05, 3.63) is 65.2 Å². The smallest absolute Gasteiger partial charge is 0.223 e. The first kappa shape index (κ1) is 25.5. The van der Waals surface area contributed by atoms with E-state index in [4.69, 9.17) is 10.4 Å². The Balaban J connectivity index is 1.44. The maximum Gasteiger partial charge on any atom is 0.223 e. The van der Waals surface area contributed by atoms with E-state index in [-0.39, 0.29) is 11.1 Å². The van der Waals surface area contributed by atoms with Gasteiger partial charge < -0.3 is 16.0 Å². The molecule has 1 aliphatic rings. The lowest BCUT2D eigenvalue weighted by molar-refractivity contribution is 0.170. The zero-order chi connectivity index (χ0) is 24.9. The summed E-state index contributed by atoms with van der Waals surface area (Å²) >= 11 is 1.79. The fourth-order valence-corrected chi connectivity index (χ4v) is 6.32. The Morgan fingerprint density at radius 2 is 1.80 bits per heavy atom. The summed E-state index contributed by atoms with van der Waals surface area (Å²) in [6.45, 7) is 11.7. The highest BCUT2D eigenvalue weighted by Gasteiger charge is 2.37. The maximum absolute atomic E-state index is 7.46. The molecule has 35 heavy (non-hydrogen) atoms. The number of benzene rings is 1. The summed E-state index contributed by atoms with van der Waals surface area (Å²) < 4.78 is 0. The van der Waals surface area contributed by atoms with Crippen LogP contribution in [0, 0.1) is 5.41 Å². The minimum atomic E-state index is 0.0724. The molecule has 1 saturated heterocycles. The van der Waals surface area contributed by atoms with Gasteiger partial charge in [-0.15, -0.1) is 11.3 Å². The minimum absolute atomic E-state index is 0.0724. The van der Waals surface area contributed by atoms with Gasteiger partial charge in [-0.1, -0.05) is 30.3 Å². The van der Waals surface area contributed by atoms with Crippen molar-refractivity contribution < 1.29 is 0 Å². The average Bonchev–Trinajstić information content (AvgIpc) is 3.25. The molecule has 0 bridgehead atoms. The molecule has 0 aliphatic carbocycles. The van der Waals surface area contributed by atoms with Gasteiger partial charge in [0.15, 0.2) is 0 Å². The van der Waals surface area contributed by atoms with Crippen molar-refractivity contribution in [3.8, 4) is 10.6 Å². The first-order valence-electron chi connectivity index (χ1n) is 12.4. The van der Waals surface area contributed by atoms with E-state index in [9.17, 15) is 0 Å². The third-order valence-corrected chi connectivity index (χ3v) is 7.40. The molecule has 3 heterocycles. The quantitative estimate of drug-likeness (QED) is 0.305. The molecular formula is C28H38N6S. The summed E-state index contributed by atoms with van der Waals surface area (Å²) in [7, 11) is 0. The number of aromatic nitrogens is 2. The number of hydrogen-bond donors (Lipinski definition) is 3. The molecule has 3 N–H and O–H groups in total. The lowest BCUT2D eigenvalue weighted by atomic mass is 9.80. The Labute approximate surface area is 213 Å². The summed E-state index contributed by atoms with van der Waals surface area (Å²) in [6.07, 6.45) is 6.17. The summed E-state index contributed by atoms with van der Waals surface area (Å²) in [5.74, 6) is 0.702. The lowest BCUT2D eigenvalue weighted by Gasteiger charge is -2.46. The van der Waals surface area contributed by atoms with Crippen molar-refractivity contribution in [3.63, 3.8) is 0 Å². The number of anilines is 1. The molecule has 2 aromatic heterocycles. The highest BCUT2D eigenvalue weighted by Crippen LogP contribution is 2.31. The van der Waals surface area contributed by atoms with Gasteiger partial charge in [-0.3, -0.25) is 4.90 Å². The first-order valence-corrected chi connectivity index (χ1v) is 13.3. The SMILES string of the molecule is CC1(C)CC(Nc2nccc(-c3ccc(CN(CCC=N)Cc4ccccc4)s3)n2)CC(C)(C)N1. The molecule has 1 aromatic carbocycles. The number of rotatable bonds is 10. The Morgan fingerprint density at radius 1 is 1.06 bits per heavy atom. The van der Waals surface area contributed by atoms with Crippen LogP contribution in [0.4, 0.5) is 5.95 Å². The maximum atomic E-state index is 7.46. The van der Waals surface area contributed by atoms with Crippen LogP contribution in [0.15, 0.2) is 54.7 Å². The van der Waals surface area contributed by atoms with Crippen molar-refractivity contribution >= 4 is 23.5 Å². The Hall–Kier alpha value is -2.61. The van der Waals surface area contributed by atoms with Gasteiger partial charge in [-0.25, -0.2) is 9.97 Å². The highest BCUT2D eigenvalue weighted by atomic mass is 32.1. The molecule has 1 fully saturated rings. The van der Waals surface area contributed by atoms with Gasteiger partial charge in [0.05, 0.1) is 10.6 Å². The second-order valence-electron chi connectivity index (χ2n) is 10.9. The fraction of sp³-hybridized carbons (Fsp3) is 0.464. The molecule has 4 rings (SSSR count). The van der Waals surface area contributed by atoms with Crippen molar-refractivity contribution in [2.45, 2.75) is 77.2 Å². The topological polar surface area (TPSA) is 76.9 Å². The monoisotopic (exact) mass is 490 g/mol. The van der Waals surface area contributed by atoms with Crippen LogP contribution in [0.1, 0.15) is 57.4 Å². The molecule has 186 valence electrons. The molecule has 0 spiro atoms. The van der Waals surface area contributed by atoms with E-state index in [2.05, 4.69) is 90.7 Å². The largest absolute Gasteiger partial charge is 0.351 e. The highest BCUT2D eigenvalue weighted by molar-refractivity contribution is 7.15. The first-order chi connectivity index (χ1) is 16.7. The number of hydrogen-bond acceptors (Lipinski definition) is 7. The fourth-order valence-electron chi connectivity index (χ4n) is 5.30. The van der Waals surface area contributed by atoms with Crippen molar-refractivity contribution in [2.75, 3.05) is 11.9 Å². The summed E-state index contributed by atoms with van der Waals surface area (Å²) in [4.78, 5) is 14.3. The zero-order valence-electron chi connectivity index (χ0n) is 21.3. The van der Waals surface area contributed by atoms with Crippen molar-refractivity contribution in [1.29, 1.82) is 5.41 Å². The predicted molar refractivity (Wildman–Crippen MR) is 147 cm³/mol. The molecule has 7 heteroatoms. The van der Waals surface area contributed by atoms with Gasteiger partial charge in [-0.05, 0) is 76.9 Å². The molecule has 0 unspecified atom stereocenters. The molecule has 1 aliphatic heterocycles. The van der Waals surface area contributed by atoms with Crippen molar-refractivity contribution in [1.82, 2.24) is 20.2 Å². The van der Waals surface area contributed by atoms with E-state index in [1.54, 1.807) is 11.3 Å². The zero-order valence-corrected chi connectivity index (χ0v) is 22.2. The van der Waals surface area contributed by atoms with Crippen LogP contribution in [0.3, 0.4) is 0 Å². The van der Waals surface area contributed by atoms with Gasteiger partial charge in [0.2, 0.25) is 5.95 Å². The Morgan fingerprint density at radius 3 is 2.51 bits per heavy atom. The van der Waals surface area contributed by atoms with E-state index >= 15 is 0 Å². The van der Waals surface area contributed by atoms with Gasteiger partial charge in [0, 0.05) is 47.8 Å². The van der Waals surface area contributed by atoms with Crippen LogP contribution in [0.25, 0.3) is 10.6 Å². The Kier molecular flexibility index (Phi) is 7.99. The van der Waals surface area contributed by atoms with Gasteiger partial charge >= 0.3 is 0 Å². The second kappa shape index (κ2) is 11.0. The van der Waals surface area contributed by atoms with E-state index in [1.807, 2.05) is 12.3 Å². The number of thiophene rings is 1.